The van der Waals surface area contributed by atoms with Gasteiger partial charge in [0.2, 0.25) is 0 Å². The number of nitrogens with zero attached hydrogens (tertiary/aromatic N) is 1. The van der Waals surface area contributed by atoms with Crippen molar-refractivity contribution in [1.29, 1.82) is 0 Å². The monoisotopic (exact) mass is 288 g/mol. The standard InChI is InChI=1S/C18H28N2O/c1-15-12-19-17(11-16-7-3-2-4-8-16)13-20(15)14-18-9-5-6-10-21-18/h2-4,7-8,15,17-19H,5-6,9-14H2,1H3. The lowest BCUT2D eigenvalue weighted by atomic mass is 10.0. The van der Waals surface area contributed by atoms with E-state index in [0.717, 1.165) is 32.7 Å². The zero-order valence-corrected chi connectivity index (χ0v) is 13.1. The van der Waals surface area contributed by atoms with E-state index in [2.05, 4.69) is 47.5 Å². The molecule has 3 atom stereocenters. The highest BCUT2D eigenvalue weighted by atomic mass is 16.5. The van der Waals surface area contributed by atoms with Gasteiger partial charge in [0.05, 0.1) is 6.10 Å². The third kappa shape index (κ3) is 4.29. The van der Waals surface area contributed by atoms with E-state index in [1.54, 1.807) is 0 Å². The maximum Gasteiger partial charge on any atom is 0.0702 e. The van der Waals surface area contributed by atoms with Crippen LogP contribution in [-0.4, -0.2) is 49.3 Å². The van der Waals surface area contributed by atoms with Gasteiger partial charge in [0, 0.05) is 38.3 Å². The molecule has 116 valence electrons. The van der Waals surface area contributed by atoms with Crippen molar-refractivity contribution >= 4 is 0 Å². The molecule has 2 aliphatic heterocycles. The molecule has 2 saturated heterocycles. The first-order chi connectivity index (χ1) is 10.3. The minimum absolute atomic E-state index is 0.455. The predicted octanol–water partition coefficient (Wildman–Crippen LogP) is 2.46. The number of rotatable bonds is 4. The summed E-state index contributed by atoms with van der Waals surface area (Å²) >= 11 is 0. The van der Waals surface area contributed by atoms with Crippen molar-refractivity contribution in [1.82, 2.24) is 10.2 Å². The summed E-state index contributed by atoms with van der Waals surface area (Å²) in [5.74, 6) is 0. The molecule has 3 nitrogen and oxygen atoms in total. The predicted molar refractivity (Wildman–Crippen MR) is 86.6 cm³/mol. The summed E-state index contributed by atoms with van der Waals surface area (Å²) in [6.45, 7) is 6.61. The van der Waals surface area contributed by atoms with Crippen LogP contribution in [0.1, 0.15) is 31.7 Å². The van der Waals surface area contributed by atoms with E-state index in [1.165, 1.54) is 24.8 Å². The van der Waals surface area contributed by atoms with Gasteiger partial charge in [-0.05, 0) is 38.2 Å². The van der Waals surface area contributed by atoms with Crippen molar-refractivity contribution in [3.05, 3.63) is 35.9 Å². The van der Waals surface area contributed by atoms with Crippen LogP contribution in [0.25, 0.3) is 0 Å². The fourth-order valence-electron chi connectivity index (χ4n) is 3.50. The maximum atomic E-state index is 5.92. The number of nitrogens with one attached hydrogen (secondary N) is 1. The van der Waals surface area contributed by atoms with Crippen molar-refractivity contribution in [2.24, 2.45) is 0 Å². The molecule has 2 fully saturated rings. The van der Waals surface area contributed by atoms with Crippen LogP contribution < -0.4 is 5.32 Å². The SMILES string of the molecule is CC1CNC(Cc2ccccc2)CN1CC1CCCCO1. The summed E-state index contributed by atoms with van der Waals surface area (Å²) < 4.78 is 5.92. The van der Waals surface area contributed by atoms with Crippen molar-refractivity contribution < 1.29 is 4.74 Å². The summed E-state index contributed by atoms with van der Waals surface area (Å²) in [5, 5.41) is 3.70. The Kier molecular flexibility index (Phi) is 5.28. The topological polar surface area (TPSA) is 24.5 Å². The number of ether oxygens (including phenoxy) is 1. The fraction of sp³-hybridized carbons (Fsp3) is 0.667. The van der Waals surface area contributed by atoms with E-state index in [-0.39, 0.29) is 0 Å². The quantitative estimate of drug-likeness (QED) is 0.921. The number of hydrogen-bond donors (Lipinski definition) is 1. The number of hydrogen-bond acceptors (Lipinski definition) is 3. The molecule has 2 aliphatic rings. The third-order valence-corrected chi connectivity index (χ3v) is 4.82. The molecule has 3 heteroatoms. The van der Waals surface area contributed by atoms with Crippen LogP contribution in [-0.2, 0) is 11.2 Å². The molecule has 0 bridgehead atoms. The molecule has 3 unspecified atom stereocenters. The molecule has 1 aromatic rings. The Morgan fingerprint density at radius 3 is 2.86 bits per heavy atom. The molecular formula is C18H28N2O. The van der Waals surface area contributed by atoms with Gasteiger partial charge in [0.15, 0.2) is 0 Å². The van der Waals surface area contributed by atoms with Gasteiger partial charge in [-0.15, -0.1) is 0 Å². The third-order valence-electron chi connectivity index (χ3n) is 4.82. The summed E-state index contributed by atoms with van der Waals surface area (Å²) in [7, 11) is 0. The zero-order valence-electron chi connectivity index (χ0n) is 13.1. The van der Waals surface area contributed by atoms with Crippen LogP contribution in [0.15, 0.2) is 30.3 Å². The highest BCUT2D eigenvalue weighted by Crippen LogP contribution is 2.17. The average molecular weight is 288 g/mol. The Labute approximate surface area is 128 Å². The van der Waals surface area contributed by atoms with E-state index in [4.69, 9.17) is 4.74 Å². The fourth-order valence-corrected chi connectivity index (χ4v) is 3.50. The van der Waals surface area contributed by atoms with Crippen LogP contribution in [0.2, 0.25) is 0 Å². The Morgan fingerprint density at radius 1 is 1.24 bits per heavy atom. The Bertz CT molecular complexity index is 416. The summed E-state index contributed by atoms with van der Waals surface area (Å²) in [6, 6.07) is 12.0. The summed E-state index contributed by atoms with van der Waals surface area (Å²) in [5.41, 5.74) is 1.43. The van der Waals surface area contributed by atoms with E-state index in [1.807, 2.05) is 0 Å². The first-order valence-corrected chi connectivity index (χ1v) is 8.44. The lowest BCUT2D eigenvalue weighted by Crippen LogP contribution is -2.57. The first kappa shape index (κ1) is 15.0. The molecule has 0 amide bonds. The molecule has 21 heavy (non-hydrogen) atoms. The van der Waals surface area contributed by atoms with Crippen molar-refractivity contribution in [3.8, 4) is 0 Å². The van der Waals surface area contributed by atoms with Crippen LogP contribution in [0, 0.1) is 0 Å². The number of piperazine rings is 1. The van der Waals surface area contributed by atoms with Crippen molar-refractivity contribution in [3.63, 3.8) is 0 Å². The highest BCUT2D eigenvalue weighted by molar-refractivity contribution is 5.16. The molecule has 1 aromatic carbocycles. The lowest BCUT2D eigenvalue weighted by Gasteiger charge is -2.41. The largest absolute Gasteiger partial charge is 0.377 e. The van der Waals surface area contributed by atoms with Gasteiger partial charge in [-0.25, -0.2) is 0 Å². The second-order valence-electron chi connectivity index (χ2n) is 6.59. The summed E-state index contributed by atoms with van der Waals surface area (Å²) in [4.78, 5) is 2.63. The van der Waals surface area contributed by atoms with E-state index < -0.39 is 0 Å². The molecule has 0 radical (unpaired) electrons. The summed E-state index contributed by atoms with van der Waals surface area (Å²) in [6.07, 6.45) is 5.38. The molecule has 0 aliphatic carbocycles. The van der Waals surface area contributed by atoms with Gasteiger partial charge in [-0.3, -0.25) is 4.90 Å². The lowest BCUT2D eigenvalue weighted by molar-refractivity contribution is -0.0192. The van der Waals surface area contributed by atoms with Crippen LogP contribution >= 0.6 is 0 Å². The minimum Gasteiger partial charge on any atom is -0.377 e. The maximum absolute atomic E-state index is 5.92. The molecule has 3 rings (SSSR count). The van der Waals surface area contributed by atoms with E-state index in [0.29, 0.717) is 18.2 Å². The highest BCUT2D eigenvalue weighted by Gasteiger charge is 2.27. The van der Waals surface area contributed by atoms with Gasteiger partial charge < -0.3 is 10.1 Å². The van der Waals surface area contributed by atoms with Gasteiger partial charge >= 0.3 is 0 Å². The average Bonchev–Trinajstić information content (AvgIpc) is 2.53. The Morgan fingerprint density at radius 2 is 2.10 bits per heavy atom. The molecule has 0 saturated carbocycles. The van der Waals surface area contributed by atoms with Gasteiger partial charge in [0.1, 0.15) is 0 Å². The van der Waals surface area contributed by atoms with Gasteiger partial charge in [0.25, 0.3) is 0 Å². The zero-order chi connectivity index (χ0) is 14.5. The van der Waals surface area contributed by atoms with Gasteiger partial charge in [-0.2, -0.15) is 0 Å². The number of benzene rings is 1. The van der Waals surface area contributed by atoms with E-state index >= 15 is 0 Å². The molecule has 2 heterocycles. The van der Waals surface area contributed by atoms with Crippen molar-refractivity contribution in [2.45, 2.75) is 50.8 Å². The second kappa shape index (κ2) is 7.39. The second-order valence-corrected chi connectivity index (χ2v) is 6.59. The molecule has 1 N–H and O–H groups in total. The molecular weight excluding hydrogens is 260 g/mol. The Hall–Kier alpha value is -0.900. The smallest absolute Gasteiger partial charge is 0.0702 e. The first-order valence-electron chi connectivity index (χ1n) is 8.44. The normalized spacial score (nSPS) is 31.2. The minimum atomic E-state index is 0.455. The molecule has 0 aromatic heterocycles. The van der Waals surface area contributed by atoms with Gasteiger partial charge in [-0.1, -0.05) is 30.3 Å². The molecule has 0 spiro atoms. The Balaban J connectivity index is 1.54. The van der Waals surface area contributed by atoms with E-state index in [9.17, 15) is 0 Å². The van der Waals surface area contributed by atoms with Crippen molar-refractivity contribution in [2.75, 3.05) is 26.2 Å². The van der Waals surface area contributed by atoms with Crippen LogP contribution in [0.4, 0.5) is 0 Å². The van der Waals surface area contributed by atoms with Crippen LogP contribution in [0.3, 0.4) is 0 Å². The van der Waals surface area contributed by atoms with Crippen LogP contribution in [0.5, 0.6) is 0 Å².